The molecule has 7 nitrogen and oxygen atoms in total. The second-order valence-corrected chi connectivity index (χ2v) is 29.7. The fourth-order valence-corrected chi connectivity index (χ4v) is 13.6. The summed E-state index contributed by atoms with van der Waals surface area (Å²) >= 11 is 0. The van der Waals surface area contributed by atoms with Gasteiger partial charge in [-0.3, -0.25) is 0 Å². The highest BCUT2D eigenvalue weighted by molar-refractivity contribution is 5.69. The molecule has 7 aromatic heterocycles. The Hall–Kier alpha value is -11.4. The number of hydrogen-bond acceptors (Lipinski definition) is 0. The number of aryl methyl sites for hydroxylation is 27. The normalized spacial score (nSPS) is 13.6. The highest BCUT2D eigenvalue weighted by atomic mass is 14.9. The van der Waals surface area contributed by atoms with Crippen molar-refractivity contribution >= 4 is 0 Å². The van der Waals surface area contributed by atoms with Crippen LogP contribution in [0.4, 0.5) is 0 Å². The van der Waals surface area contributed by atoms with E-state index in [2.05, 4.69) is 276 Å². The maximum absolute atomic E-state index is 7.72. The first-order chi connectivity index (χ1) is 60.4. The summed E-state index contributed by atoms with van der Waals surface area (Å²) in [5.74, 6) is 0. The molecule has 0 saturated heterocycles. The Kier molecular flexibility index (Phi) is 22.3. The molecule has 0 unspecified atom stereocenters. The van der Waals surface area contributed by atoms with E-state index in [1.54, 1.807) is 121 Å². The van der Waals surface area contributed by atoms with Crippen LogP contribution in [-0.2, 0) is 49.3 Å². The maximum Gasteiger partial charge on any atom is 0.215 e. The van der Waals surface area contributed by atoms with Crippen molar-refractivity contribution in [3.8, 4) is 78.8 Å². The lowest BCUT2D eigenvalue weighted by atomic mass is 9.98. The zero-order valence-corrected chi connectivity index (χ0v) is 69.9. The van der Waals surface area contributed by atoms with Gasteiger partial charge in [0.1, 0.15) is 49.3 Å². The third kappa shape index (κ3) is 22.9. The quantitative estimate of drug-likeness (QED) is 0.142. The summed E-state index contributed by atoms with van der Waals surface area (Å²) in [6.07, 6.45) is 13.5. The van der Waals surface area contributed by atoms with E-state index in [1.807, 2.05) is 38.5 Å². The first-order valence-electron chi connectivity index (χ1n) is 46.8. The van der Waals surface area contributed by atoms with Gasteiger partial charge >= 0.3 is 0 Å². The van der Waals surface area contributed by atoms with Crippen molar-refractivity contribution in [2.45, 2.75) is 145 Å². The zero-order chi connectivity index (χ0) is 96.9. The average Bonchev–Trinajstić information content (AvgIpc) is 0.776. The lowest BCUT2D eigenvalue weighted by Crippen LogP contribution is -2.31. The summed E-state index contributed by atoms with van der Waals surface area (Å²) in [5.41, 5.74) is 34.4. The molecule has 0 spiro atoms. The molecule has 7 aromatic carbocycles. The summed E-state index contributed by atoms with van der Waals surface area (Å²) in [7, 11) is 13.8. The Bertz CT molecular complexity index is 6240. The van der Waals surface area contributed by atoms with Crippen molar-refractivity contribution in [3.63, 3.8) is 0 Å². The van der Waals surface area contributed by atoms with Crippen molar-refractivity contribution in [1.82, 2.24) is 0 Å². The molecule has 0 bridgehead atoms. The van der Waals surface area contributed by atoms with E-state index >= 15 is 0 Å². The Morgan fingerprint density at radius 3 is 0.911 bits per heavy atom. The van der Waals surface area contributed by atoms with Gasteiger partial charge in [0.2, 0.25) is 39.9 Å². The molecule has 0 atom stereocenters. The molecule has 7 heterocycles. The largest absolute Gasteiger partial charge is 0.215 e. The molecule has 0 amide bonds. The van der Waals surface area contributed by atoms with Crippen LogP contribution >= 0.6 is 0 Å². The van der Waals surface area contributed by atoms with Crippen LogP contribution in [0.25, 0.3) is 78.8 Å². The number of benzene rings is 7. The van der Waals surface area contributed by atoms with Gasteiger partial charge in [-0.25, -0.2) is 32.0 Å². The SMILES string of the molecule is Cc1cc[n+](C)c(-c2c(C)cccc2C)c1.Cc1ccc(-c2cc(C)cc[n+]2C)c(C)c1.Cc1ccc(C)c(-c2cc(C)cc[n+]2C)c1.Cc1ccccc1-c1c(C)c(C)cc[n+]1C.[2H]C([2H])([2H])c1cc[n+](C)c(-c2c(C)cccc2C([2H])([2H])[2H])c1.[2H]C([2H])([2H])c1ccc(-c2cc(C([2H])([2H])[2H])cc[n+]2C)c(C)c1.[2H]C([2H])([2H])c1ccc(C)c(-c2cc(C([2H])([2H])[2H])cc[n+]2C)c1. The van der Waals surface area contributed by atoms with Crippen molar-refractivity contribution < 1.29 is 56.6 Å². The molecule has 0 saturated carbocycles. The fraction of sp³-hybridized carbons (Fsp3) is 0.267. The molecule has 0 fully saturated rings. The standard InChI is InChI=1S/7C15H18N/c2*1-11-5-6-14(13(3)9-11)15-10-12(2)7-8-16(15)4;2*1-11-5-6-13(3)14(9-11)15-10-12(2)7-8-16(15)4;2*1-11-8-9-16(4)14(10-11)15-12(2)6-5-7-13(15)3;1-11-9-10-16(4)15(13(11)3)14-8-6-5-7-12(14)2/h7*5-10H,1-4H3/q7*+1/i1D3,2D3;;1D3,2D3;;1D3,2D3;;. The zero-order valence-electron chi connectivity index (χ0n) is 87.9. The number of nitrogens with zero attached hydrogens (tertiary/aromatic N) is 7. The van der Waals surface area contributed by atoms with Crippen molar-refractivity contribution in [2.75, 3.05) is 0 Å². The van der Waals surface area contributed by atoms with Crippen LogP contribution in [0.3, 0.4) is 0 Å². The molecule has 0 N–H and O–H groups in total. The third-order valence-corrected chi connectivity index (χ3v) is 20.2. The topological polar surface area (TPSA) is 27.2 Å². The molecule has 574 valence electrons. The highest BCUT2D eigenvalue weighted by Gasteiger charge is 2.21. The van der Waals surface area contributed by atoms with E-state index in [-0.39, 0.29) is 33.4 Å². The Morgan fingerprint density at radius 1 is 0.188 bits per heavy atom. The Morgan fingerprint density at radius 2 is 0.473 bits per heavy atom. The van der Waals surface area contributed by atoms with E-state index in [9.17, 15) is 0 Å². The van der Waals surface area contributed by atoms with E-state index < -0.39 is 41.1 Å². The van der Waals surface area contributed by atoms with Crippen molar-refractivity contribution in [1.29, 1.82) is 0 Å². The van der Waals surface area contributed by atoms with Gasteiger partial charge in [-0.05, 0) is 264 Å². The fourth-order valence-electron chi connectivity index (χ4n) is 13.6. The summed E-state index contributed by atoms with van der Waals surface area (Å²) < 4.78 is 150. The lowest BCUT2D eigenvalue weighted by molar-refractivity contribution is -0.660. The Balaban J connectivity index is 0.000000188. The second-order valence-electron chi connectivity index (χ2n) is 29.7. The molecule has 14 aromatic rings. The highest BCUT2D eigenvalue weighted by Crippen LogP contribution is 2.30. The smallest absolute Gasteiger partial charge is 0.201 e. The molecule has 0 aliphatic heterocycles. The van der Waals surface area contributed by atoms with Gasteiger partial charge in [-0.15, -0.1) is 0 Å². The molecule has 0 aliphatic rings. The van der Waals surface area contributed by atoms with Crippen LogP contribution in [0.15, 0.2) is 256 Å². The second kappa shape index (κ2) is 39.5. The predicted octanol–water partition coefficient (Wildman–Crippen LogP) is 21.7. The van der Waals surface area contributed by atoms with Crippen LogP contribution in [0.5, 0.6) is 0 Å². The van der Waals surface area contributed by atoms with Gasteiger partial charge in [-0.2, -0.15) is 0 Å². The third-order valence-electron chi connectivity index (χ3n) is 20.2. The van der Waals surface area contributed by atoms with Crippen molar-refractivity contribution in [2.24, 2.45) is 49.3 Å². The van der Waals surface area contributed by atoms with Gasteiger partial charge in [0.05, 0.1) is 11.1 Å². The van der Waals surface area contributed by atoms with Crippen LogP contribution in [0.2, 0.25) is 0 Å². The number of pyridine rings is 7. The number of aromatic nitrogens is 7. The molecular formula is C105H126N7+7. The Labute approximate surface area is 699 Å². The number of hydrogen-bond donors (Lipinski definition) is 0. The van der Waals surface area contributed by atoms with Gasteiger partial charge in [0.25, 0.3) is 0 Å². The van der Waals surface area contributed by atoms with Crippen molar-refractivity contribution in [3.05, 3.63) is 373 Å². The van der Waals surface area contributed by atoms with E-state index in [1.165, 1.54) is 118 Å². The van der Waals surface area contributed by atoms with E-state index in [0.29, 0.717) is 17.0 Å². The minimum absolute atomic E-state index is 0.195. The molecule has 14 rings (SSSR count). The average molecular weight is 1500 g/mol. The van der Waals surface area contributed by atoms with Crippen LogP contribution < -0.4 is 32.0 Å². The molecule has 0 radical (unpaired) electrons. The molecule has 0 aliphatic carbocycles. The van der Waals surface area contributed by atoms with Gasteiger partial charge in [0.15, 0.2) is 43.4 Å². The monoisotopic (exact) mass is 1500 g/mol. The summed E-state index contributed by atoms with van der Waals surface area (Å²) in [5, 5.41) is 0. The maximum atomic E-state index is 7.72. The first kappa shape index (κ1) is 63.3. The minimum Gasteiger partial charge on any atom is -0.201 e. The van der Waals surface area contributed by atoms with Gasteiger partial charge in [-0.1, -0.05) is 125 Å². The van der Waals surface area contributed by atoms with E-state index in [4.69, 9.17) is 24.7 Å². The van der Waals surface area contributed by atoms with Crippen LogP contribution in [-0.4, -0.2) is 0 Å². The van der Waals surface area contributed by atoms with Crippen LogP contribution in [0.1, 0.15) is 142 Å². The summed E-state index contributed by atoms with van der Waals surface area (Å²) in [6.45, 7) is 18.2. The first-order valence-corrected chi connectivity index (χ1v) is 37.8. The predicted molar refractivity (Wildman–Crippen MR) is 471 cm³/mol. The minimum atomic E-state index is -2.26. The van der Waals surface area contributed by atoms with E-state index in [0.717, 1.165) is 33.5 Å². The molecule has 112 heavy (non-hydrogen) atoms. The van der Waals surface area contributed by atoms with Crippen LogP contribution in [0, 0.1) is 145 Å². The summed E-state index contributed by atoms with van der Waals surface area (Å²) in [4.78, 5) is 0. The summed E-state index contributed by atoms with van der Waals surface area (Å²) in [6, 6.07) is 67.9. The lowest BCUT2D eigenvalue weighted by Gasteiger charge is -2.08. The molecule has 7 heteroatoms. The molecular weight excluding hydrogens is 1360 g/mol. The van der Waals surface area contributed by atoms with Gasteiger partial charge < -0.3 is 0 Å². The number of rotatable bonds is 7. The van der Waals surface area contributed by atoms with Gasteiger partial charge in [0, 0.05) is 137 Å².